The summed E-state index contributed by atoms with van der Waals surface area (Å²) in [5.74, 6) is 0.518. The van der Waals surface area contributed by atoms with E-state index in [9.17, 15) is 4.79 Å². The smallest absolute Gasteiger partial charge is 0.433 e. The number of rotatable bonds is 3. The summed E-state index contributed by atoms with van der Waals surface area (Å²) in [6, 6.07) is 7.53. The minimum absolute atomic E-state index is 0.518. The molecule has 1 aromatic carbocycles. The van der Waals surface area contributed by atoms with E-state index in [0.717, 1.165) is 22.4 Å². The lowest BCUT2D eigenvalue weighted by Gasteiger charge is -1.99. The normalized spacial score (nSPS) is 10.4. The molecule has 1 aromatic heterocycles. The van der Waals surface area contributed by atoms with Crippen molar-refractivity contribution in [1.82, 2.24) is 14.8 Å². The molecule has 0 saturated carbocycles. The van der Waals surface area contributed by atoms with Crippen LogP contribution in [0.4, 0.5) is 10.5 Å². The van der Waals surface area contributed by atoms with Gasteiger partial charge in [-0.25, -0.2) is 9.78 Å². The SMILES string of the molecule is Nc1ccc(CCc2ncn(C(=O)O)n2)cc1. The van der Waals surface area contributed by atoms with Crippen LogP contribution in [0.2, 0.25) is 0 Å². The van der Waals surface area contributed by atoms with Crippen molar-refractivity contribution in [2.45, 2.75) is 12.8 Å². The Morgan fingerprint density at radius 1 is 1.29 bits per heavy atom. The van der Waals surface area contributed by atoms with Gasteiger partial charge in [0.05, 0.1) is 0 Å². The molecule has 0 amide bonds. The number of hydrogen-bond donors (Lipinski definition) is 2. The number of aryl methyl sites for hydroxylation is 2. The van der Waals surface area contributed by atoms with E-state index in [2.05, 4.69) is 10.1 Å². The van der Waals surface area contributed by atoms with E-state index in [1.54, 1.807) is 0 Å². The van der Waals surface area contributed by atoms with Crippen LogP contribution in [0.25, 0.3) is 0 Å². The first-order valence-corrected chi connectivity index (χ1v) is 5.13. The van der Waals surface area contributed by atoms with Crippen molar-refractivity contribution in [1.29, 1.82) is 0 Å². The fourth-order valence-corrected chi connectivity index (χ4v) is 1.44. The Morgan fingerprint density at radius 3 is 2.59 bits per heavy atom. The zero-order valence-corrected chi connectivity index (χ0v) is 9.08. The molecule has 6 nitrogen and oxygen atoms in total. The first-order chi connectivity index (χ1) is 8.15. The van der Waals surface area contributed by atoms with Gasteiger partial charge >= 0.3 is 6.09 Å². The highest BCUT2D eigenvalue weighted by Crippen LogP contribution is 2.07. The summed E-state index contributed by atoms with van der Waals surface area (Å²) in [4.78, 5) is 14.5. The Balaban J connectivity index is 1.97. The molecule has 0 spiro atoms. The molecular weight excluding hydrogens is 220 g/mol. The second-order valence-corrected chi connectivity index (χ2v) is 3.63. The highest BCUT2D eigenvalue weighted by molar-refractivity contribution is 5.66. The van der Waals surface area contributed by atoms with Crippen LogP contribution in [0.15, 0.2) is 30.6 Å². The molecule has 0 aliphatic heterocycles. The molecule has 17 heavy (non-hydrogen) atoms. The number of benzene rings is 1. The molecule has 88 valence electrons. The Bertz CT molecular complexity index is 519. The van der Waals surface area contributed by atoms with E-state index in [4.69, 9.17) is 10.8 Å². The van der Waals surface area contributed by atoms with Crippen LogP contribution >= 0.6 is 0 Å². The van der Waals surface area contributed by atoms with Gasteiger partial charge in [0.15, 0.2) is 5.82 Å². The maximum Gasteiger partial charge on any atom is 0.433 e. The first-order valence-electron chi connectivity index (χ1n) is 5.13. The molecule has 0 unspecified atom stereocenters. The van der Waals surface area contributed by atoms with Crippen molar-refractivity contribution in [3.05, 3.63) is 42.0 Å². The van der Waals surface area contributed by atoms with Gasteiger partial charge in [-0.05, 0) is 24.1 Å². The van der Waals surface area contributed by atoms with E-state index in [0.29, 0.717) is 12.2 Å². The van der Waals surface area contributed by atoms with E-state index in [-0.39, 0.29) is 0 Å². The third-order valence-electron chi connectivity index (χ3n) is 2.35. The fourth-order valence-electron chi connectivity index (χ4n) is 1.44. The largest absolute Gasteiger partial charge is 0.463 e. The highest BCUT2D eigenvalue weighted by Gasteiger charge is 2.05. The monoisotopic (exact) mass is 232 g/mol. The third-order valence-corrected chi connectivity index (χ3v) is 2.35. The fraction of sp³-hybridized carbons (Fsp3) is 0.182. The van der Waals surface area contributed by atoms with Crippen LogP contribution in [0.1, 0.15) is 11.4 Å². The lowest BCUT2D eigenvalue weighted by molar-refractivity contribution is 0.192. The lowest BCUT2D eigenvalue weighted by Crippen LogP contribution is -2.08. The molecule has 2 aromatic rings. The van der Waals surface area contributed by atoms with E-state index >= 15 is 0 Å². The van der Waals surface area contributed by atoms with Gasteiger partial charge in [-0.2, -0.15) is 4.68 Å². The van der Waals surface area contributed by atoms with Crippen LogP contribution in [-0.4, -0.2) is 26.0 Å². The molecule has 0 bridgehead atoms. The topological polar surface area (TPSA) is 94.0 Å². The number of nitrogen functional groups attached to an aromatic ring is 1. The summed E-state index contributed by atoms with van der Waals surface area (Å²) in [6.45, 7) is 0. The minimum Gasteiger partial charge on any atom is -0.463 e. The maximum atomic E-state index is 10.6. The zero-order chi connectivity index (χ0) is 12.3. The third kappa shape index (κ3) is 2.81. The van der Waals surface area contributed by atoms with E-state index in [1.807, 2.05) is 24.3 Å². The van der Waals surface area contributed by atoms with Crippen LogP contribution in [0.5, 0.6) is 0 Å². The van der Waals surface area contributed by atoms with Gasteiger partial charge in [-0.3, -0.25) is 0 Å². The molecule has 1 heterocycles. The number of nitrogens with zero attached hydrogens (tertiary/aromatic N) is 3. The summed E-state index contributed by atoms with van der Waals surface area (Å²) in [7, 11) is 0. The second-order valence-electron chi connectivity index (χ2n) is 3.63. The Labute approximate surface area is 97.7 Å². The van der Waals surface area contributed by atoms with Gasteiger partial charge in [0, 0.05) is 12.1 Å². The van der Waals surface area contributed by atoms with Crippen LogP contribution in [0, 0.1) is 0 Å². The zero-order valence-electron chi connectivity index (χ0n) is 9.08. The van der Waals surface area contributed by atoms with Crippen molar-refractivity contribution >= 4 is 11.8 Å². The number of carboxylic acid groups (broad SMARTS) is 1. The maximum absolute atomic E-state index is 10.6. The molecular formula is C11H12N4O2. The molecule has 2 rings (SSSR count). The van der Waals surface area contributed by atoms with Crippen molar-refractivity contribution < 1.29 is 9.90 Å². The van der Waals surface area contributed by atoms with Crippen molar-refractivity contribution in [3.63, 3.8) is 0 Å². The van der Waals surface area contributed by atoms with Gasteiger partial charge in [-0.15, -0.1) is 5.10 Å². The van der Waals surface area contributed by atoms with Gasteiger partial charge in [-0.1, -0.05) is 12.1 Å². The standard InChI is InChI=1S/C11H12N4O2/c12-9-4-1-8(2-5-9)3-6-10-13-7-15(14-10)11(16)17/h1-2,4-5,7H,3,6,12H2,(H,16,17). The summed E-state index contributed by atoms with van der Waals surface area (Å²) in [5, 5.41) is 12.5. The number of nitrogens with two attached hydrogens (primary N) is 1. The molecule has 0 saturated heterocycles. The molecule has 0 fully saturated rings. The minimum atomic E-state index is -1.13. The predicted octanol–water partition coefficient (Wildman–Crippen LogP) is 1.17. The summed E-state index contributed by atoms with van der Waals surface area (Å²) in [5.41, 5.74) is 7.42. The van der Waals surface area contributed by atoms with Crippen molar-refractivity contribution in [3.8, 4) is 0 Å². The summed E-state index contributed by atoms with van der Waals surface area (Å²) in [6.07, 6.45) is 1.42. The average Bonchev–Trinajstić information content (AvgIpc) is 2.77. The molecule has 0 atom stereocenters. The first kappa shape index (κ1) is 11.1. The summed E-state index contributed by atoms with van der Waals surface area (Å²) < 4.78 is 0.804. The van der Waals surface area contributed by atoms with Crippen LogP contribution in [-0.2, 0) is 12.8 Å². The number of hydrogen-bond acceptors (Lipinski definition) is 4. The van der Waals surface area contributed by atoms with Crippen LogP contribution in [0.3, 0.4) is 0 Å². The number of carbonyl (C=O) groups is 1. The number of aromatic nitrogens is 3. The van der Waals surface area contributed by atoms with Gasteiger partial charge < -0.3 is 10.8 Å². The second kappa shape index (κ2) is 4.65. The van der Waals surface area contributed by atoms with Crippen LogP contribution < -0.4 is 5.73 Å². The van der Waals surface area contributed by atoms with Gasteiger partial charge in [0.25, 0.3) is 0 Å². The molecule has 0 radical (unpaired) electrons. The van der Waals surface area contributed by atoms with Gasteiger partial charge in [0.1, 0.15) is 6.33 Å². The predicted molar refractivity (Wildman–Crippen MR) is 61.7 cm³/mol. The lowest BCUT2D eigenvalue weighted by atomic mass is 10.1. The van der Waals surface area contributed by atoms with E-state index < -0.39 is 6.09 Å². The highest BCUT2D eigenvalue weighted by atomic mass is 16.4. The van der Waals surface area contributed by atoms with Crippen molar-refractivity contribution in [2.24, 2.45) is 0 Å². The van der Waals surface area contributed by atoms with E-state index in [1.165, 1.54) is 6.33 Å². The average molecular weight is 232 g/mol. The number of anilines is 1. The Morgan fingerprint density at radius 2 is 2.00 bits per heavy atom. The quantitative estimate of drug-likeness (QED) is 0.775. The molecule has 0 aliphatic carbocycles. The molecule has 6 heteroatoms. The molecule has 0 aliphatic rings. The Hall–Kier alpha value is -2.37. The van der Waals surface area contributed by atoms with Crippen molar-refractivity contribution in [2.75, 3.05) is 5.73 Å². The summed E-state index contributed by atoms with van der Waals surface area (Å²) >= 11 is 0. The molecule has 3 N–H and O–H groups in total. The Kier molecular flexibility index (Phi) is 3.04. The van der Waals surface area contributed by atoms with Gasteiger partial charge in [0.2, 0.25) is 0 Å².